The van der Waals surface area contributed by atoms with E-state index in [9.17, 15) is 18.5 Å². The molecule has 2 rings (SSSR count). The highest BCUT2D eigenvalue weighted by Gasteiger charge is 2.31. The molecule has 1 heterocycles. The Balaban J connectivity index is 0.00000288. The highest BCUT2D eigenvalue weighted by molar-refractivity contribution is 7.89. The predicted octanol–water partition coefficient (Wildman–Crippen LogP) is 1.65. The van der Waals surface area contributed by atoms with E-state index < -0.39 is 14.9 Å². The number of benzene rings is 1. The maximum absolute atomic E-state index is 12.8. The van der Waals surface area contributed by atoms with Crippen molar-refractivity contribution in [2.24, 2.45) is 5.92 Å². The van der Waals surface area contributed by atoms with Gasteiger partial charge in [-0.05, 0) is 38.4 Å². The molecule has 1 aromatic carbocycles. The summed E-state index contributed by atoms with van der Waals surface area (Å²) in [5.74, 6) is 0.211. The van der Waals surface area contributed by atoms with E-state index in [1.54, 1.807) is 0 Å². The van der Waals surface area contributed by atoms with Crippen molar-refractivity contribution in [2.45, 2.75) is 17.7 Å². The van der Waals surface area contributed by atoms with Crippen LogP contribution in [0.4, 0.5) is 5.69 Å². The monoisotopic (exact) mass is 379 g/mol. The molecule has 0 radical (unpaired) electrons. The Kier molecular flexibility index (Phi) is 7.40. The second-order valence-corrected chi connectivity index (χ2v) is 7.46. The van der Waals surface area contributed by atoms with Crippen LogP contribution >= 0.6 is 12.4 Å². The van der Waals surface area contributed by atoms with Crippen molar-refractivity contribution in [1.29, 1.82) is 0 Å². The molecule has 0 amide bonds. The van der Waals surface area contributed by atoms with E-state index in [1.807, 2.05) is 7.05 Å². The fourth-order valence-corrected chi connectivity index (χ4v) is 4.39. The Morgan fingerprint density at radius 3 is 2.75 bits per heavy atom. The Labute approximate surface area is 147 Å². The summed E-state index contributed by atoms with van der Waals surface area (Å²) in [6.07, 6.45) is 1.78. The fraction of sp³-hybridized carbons (Fsp3) is 0.571. The first kappa shape index (κ1) is 20.6. The Morgan fingerprint density at radius 2 is 2.17 bits per heavy atom. The van der Waals surface area contributed by atoms with Crippen molar-refractivity contribution in [2.75, 3.05) is 33.8 Å². The molecule has 0 aromatic heterocycles. The van der Waals surface area contributed by atoms with Crippen LogP contribution in [0.3, 0.4) is 0 Å². The first-order valence-electron chi connectivity index (χ1n) is 7.37. The average Bonchev–Trinajstić information content (AvgIpc) is 2.54. The highest BCUT2D eigenvalue weighted by Crippen LogP contribution is 2.31. The molecule has 1 unspecified atom stereocenters. The highest BCUT2D eigenvalue weighted by atomic mass is 35.5. The summed E-state index contributed by atoms with van der Waals surface area (Å²) in [4.78, 5) is 10.3. The lowest BCUT2D eigenvalue weighted by molar-refractivity contribution is -0.385. The van der Waals surface area contributed by atoms with E-state index in [2.05, 4.69) is 5.32 Å². The first-order chi connectivity index (χ1) is 10.9. The molecule has 24 heavy (non-hydrogen) atoms. The first-order valence-corrected chi connectivity index (χ1v) is 8.81. The Morgan fingerprint density at radius 1 is 1.46 bits per heavy atom. The van der Waals surface area contributed by atoms with Crippen molar-refractivity contribution in [3.63, 3.8) is 0 Å². The maximum Gasteiger partial charge on any atom is 0.310 e. The van der Waals surface area contributed by atoms with E-state index in [1.165, 1.54) is 29.6 Å². The third-order valence-corrected chi connectivity index (χ3v) is 5.82. The van der Waals surface area contributed by atoms with E-state index >= 15 is 0 Å². The molecular weight excluding hydrogens is 358 g/mol. The zero-order valence-electron chi connectivity index (χ0n) is 13.6. The van der Waals surface area contributed by atoms with Gasteiger partial charge in [0, 0.05) is 25.2 Å². The summed E-state index contributed by atoms with van der Waals surface area (Å²) in [6, 6.07) is 3.65. The minimum absolute atomic E-state index is 0. The number of nitro benzene ring substituents is 1. The Bertz CT molecular complexity index is 681. The summed E-state index contributed by atoms with van der Waals surface area (Å²) in [6.45, 7) is 1.67. The number of sulfonamides is 1. The van der Waals surface area contributed by atoms with Crippen LogP contribution in [-0.4, -0.2) is 51.4 Å². The number of halogens is 1. The molecule has 0 bridgehead atoms. The molecular formula is C14H22ClN3O5S. The lowest BCUT2D eigenvalue weighted by atomic mass is 10.00. The second kappa shape index (κ2) is 8.61. The number of nitro groups is 1. The van der Waals surface area contributed by atoms with Gasteiger partial charge in [0.05, 0.1) is 16.9 Å². The van der Waals surface area contributed by atoms with Crippen LogP contribution < -0.4 is 10.1 Å². The lowest BCUT2D eigenvalue weighted by Crippen LogP contribution is -2.42. The lowest BCUT2D eigenvalue weighted by Gasteiger charge is -2.31. The molecule has 0 aliphatic carbocycles. The van der Waals surface area contributed by atoms with Crippen LogP contribution in [0.25, 0.3) is 0 Å². The van der Waals surface area contributed by atoms with Crippen molar-refractivity contribution in [3.8, 4) is 5.75 Å². The zero-order chi connectivity index (χ0) is 17.0. The molecule has 10 heteroatoms. The number of ether oxygens (including phenoxy) is 1. The molecule has 1 atom stereocenters. The molecule has 1 aliphatic rings. The van der Waals surface area contributed by atoms with Crippen molar-refractivity contribution in [3.05, 3.63) is 28.3 Å². The van der Waals surface area contributed by atoms with Crippen molar-refractivity contribution in [1.82, 2.24) is 9.62 Å². The predicted molar refractivity (Wildman–Crippen MR) is 92.3 cm³/mol. The molecule has 0 spiro atoms. The number of nitrogens with one attached hydrogen (secondary N) is 1. The maximum atomic E-state index is 12.8. The van der Waals surface area contributed by atoms with E-state index in [0.717, 1.165) is 19.4 Å². The topological polar surface area (TPSA) is 102 Å². The fourth-order valence-electron chi connectivity index (χ4n) is 2.82. The van der Waals surface area contributed by atoms with Gasteiger partial charge in [-0.15, -0.1) is 12.4 Å². The van der Waals surface area contributed by atoms with E-state index in [0.29, 0.717) is 13.1 Å². The minimum Gasteiger partial charge on any atom is -0.490 e. The second-order valence-electron chi connectivity index (χ2n) is 5.52. The van der Waals surface area contributed by atoms with Gasteiger partial charge in [-0.2, -0.15) is 4.31 Å². The van der Waals surface area contributed by atoms with Gasteiger partial charge >= 0.3 is 5.69 Å². The van der Waals surface area contributed by atoms with Gasteiger partial charge in [-0.3, -0.25) is 10.1 Å². The number of nitrogens with zero attached hydrogens (tertiary/aromatic N) is 2. The smallest absolute Gasteiger partial charge is 0.310 e. The van der Waals surface area contributed by atoms with Crippen LogP contribution in [0.1, 0.15) is 12.8 Å². The molecule has 8 nitrogen and oxygen atoms in total. The van der Waals surface area contributed by atoms with Gasteiger partial charge < -0.3 is 10.1 Å². The third kappa shape index (κ3) is 4.35. The SMILES string of the molecule is CNCC1CCCN(S(=O)(=O)c2ccc([N+](=O)[O-])c(OC)c2)C1.Cl. The Hall–Kier alpha value is -1.42. The van der Waals surface area contributed by atoms with Crippen LogP contribution in [-0.2, 0) is 10.0 Å². The van der Waals surface area contributed by atoms with Crippen LogP contribution in [0.2, 0.25) is 0 Å². The molecule has 1 aliphatic heterocycles. The van der Waals surface area contributed by atoms with Gasteiger partial charge in [0.2, 0.25) is 10.0 Å². The molecule has 136 valence electrons. The summed E-state index contributed by atoms with van der Waals surface area (Å²) >= 11 is 0. The number of piperidine rings is 1. The number of methoxy groups -OCH3 is 1. The van der Waals surface area contributed by atoms with Crippen molar-refractivity contribution < 1.29 is 18.1 Å². The largest absolute Gasteiger partial charge is 0.490 e. The van der Waals surface area contributed by atoms with Gasteiger partial charge in [-0.25, -0.2) is 8.42 Å². The van der Waals surface area contributed by atoms with E-state index in [-0.39, 0.29) is 34.7 Å². The summed E-state index contributed by atoms with van der Waals surface area (Å²) in [5.41, 5.74) is -0.252. The summed E-state index contributed by atoms with van der Waals surface area (Å²) < 4.78 is 31.9. The third-order valence-electron chi connectivity index (χ3n) is 3.96. The molecule has 1 aromatic rings. The quantitative estimate of drug-likeness (QED) is 0.595. The number of rotatable bonds is 6. The normalized spacial score (nSPS) is 18.7. The van der Waals surface area contributed by atoms with Gasteiger partial charge in [0.1, 0.15) is 0 Å². The number of hydrogen-bond acceptors (Lipinski definition) is 6. The molecule has 0 saturated carbocycles. The molecule has 1 saturated heterocycles. The molecule has 1 fully saturated rings. The van der Waals surface area contributed by atoms with Gasteiger partial charge in [0.25, 0.3) is 0 Å². The standard InChI is InChI=1S/C14H21N3O5S.ClH/c1-15-9-11-4-3-7-16(10-11)23(20,21)12-5-6-13(17(18)19)14(8-12)22-2;/h5-6,8,11,15H,3-4,7,9-10H2,1-2H3;1H. The average molecular weight is 380 g/mol. The summed E-state index contributed by atoms with van der Waals surface area (Å²) in [5, 5.41) is 14.0. The van der Waals surface area contributed by atoms with Crippen molar-refractivity contribution >= 4 is 28.1 Å². The van der Waals surface area contributed by atoms with E-state index in [4.69, 9.17) is 4.74 Å². The minimum atomic E-state index is -3.69. The van der Waals surface area contributed by atoms with Gasteiger partial charge in [0.15, 0.2) is 5.75 Å². The van der Waals surface area contributed by atoms with Crippen LogP contribution in [0.5, 0.6) is 5.75 Å². The van der Waals surface area contributed by atoms with Crippen LogP contribution in [0.15, 0.2) is 23.1 Å². The zero-order valence-corrected chi connectivity index (χ0v) is 15.2. The van der Waals surface area contributed by atoms with Gasteiger partial charge in [-0.1, -0.05) is 0 Å². The number of hydrogen-bond donors (Lipinski definition) is 1. The molecule has 1 N–H and O–H groups in total. The summed E-state index contributed by atoms with van der Waals surface area (Å²) in [7, 11) is -0.563. The van der Waals surface area contributed by atoms with Crippen LogP contribution in [0, 0.1) is 16.0 Å².